The Kier molecular flexibility index (Phi) is 5.02. The number of piperidine rings is 1. The summed E-state index contributed by atoms with van der Waals surface area (Å²) in [5.74, 6) is 0.351. The summed E-state index contributed by atoms with van der Waals surface area (Å²) in [7, 11) is 0. The van der Waals surface area contributed by atoms with Crippen molar-refractivity contribution in [3.05, 3.63) is 35.4 Å². The summed E-state index contributed by atoms with van der Waals surface area (Å²) in [5, 5.41) is 6.51. The minimum Gasteiger partial charge on any atom is -0.354 e. The lowest BCUT2D eigenvalue weighted by molar-refractivity contribution is -0.126. The lowest BCUT2D eigenvalue weighted by atomic mass is 9.93. The van der Waals surface area contributed by atoms with Gasteiger partial charge in [0.05, 0.1) is 5.92 Å². The minimum absolute atomic E-state index is 0.0225. The first-order valence-corrected chi connectivity index (χ1v) is 8.86. The van der Waals surface area contributed by atoms with Gasteiger partial charge in [0.15, 0.2) is 0 Å². The van der Waals surface area contributed by atoms with E-state index < -0.39 is 0 Å². The van der Waals surface area contributed by atoms with Crippen LogP contribution in [0.15, 0.2) is 24.3 Å². The van der Waals surface area contributed by atoms with Gasteiger partial charge >= 0.3 is 0 Å². The zero-order valence-electron chi connectivity index (χ0n) is 14.4. The van der Waals surface area contributed by atoms with E-state index in [1.165, 1.54) is 11.1 Å². The molecule has 0 aliphatic carbocycles. The van der Waals surface area contributed by atoms with Crippen LogP contribution in [0.2, 0.25) is 0 Å². The molecule has 0 bridgehead atoms. The van der Waals surface area contributed by atoms with E-state index in [0.29, 0.717) is 6.54 Å². The van der Waals surface area contributed by atoms with Crippen molar-refractivity contribution in [3.63, 3.8) is 0 Å². The molecule has 2 N–H and O–H groups in total. The van der Waals surface area contributed by atoms with Crippen LogP contribution < -0.4 is 10.6 Å². The van der Waals surface area contributed by atoms with Crippen LogP contribution in [-0.2, 0) is 17.8 Å². The van der Waals surface area contributed by atoms with Crippen LogP contribution in [0.1, 0.15) is 37.8 Å². The maximum absolute atomic E-state index is 12.4. The molecule has 2 heterocycles. The Labute approximate surface area is 139 Å². The topological polar surface area (TPSA) is 44.4 Å². The number of carbonyl (C=O) groups is 1. The quantitative estimate of drug-likeness (QED) is 0.892. The highest BCUT2D eigenvalue weighted by Crippen LogP contribution is 2.25. The van der Waals surface area contributed by atoms with Crippen molar-refractivity contribution in [3.8, 4) is 0 Å². The van der Waals surface area contributed by atoms with Crippen LogP contribution in [0.25, 0.3) is 0 Å². The van der Waals surface area contributed by atoms with E-state index in [0.717, 1.165) is 45.4 Å². The molecule has 4 nitrogen and oxygen atoms in total. The van der Waals surface area contributed by atoms with Gasteiger partial charge in [-0.3, -0.25) is 9.69 Å². The summed E-state index contributed by atoms with van der Waals surface area (Å²) in [6.07, 6.45) is 3.21. The van der Waals surface area contributed by atoms with Gasteiger partial charge in [-0.05, 0) is 50.8 Å². The molecule has 0 saturated carbocycles. The van der Waals surface area contributed by atoms with Crippen LogP contribution in [0.3, 0.4) is 0 Å². The van der Waals surface area contributed by atoms with E-state index in [2.05, 4.69) is 53.6 Å². The SMILES string of the molecule is CC(C)(CNC(=O)C1CCCNC1)N1CCc2ccccc2C1. The lowest BCUT2D eigenvalue weighted by Crippen LogP contribution is -2.54. The van der Waals surface area contributed by atoms with Gasteiger partial charge in [-0.15, -0.1) is 0 Å². The predicted molar refractivity (Wildman–Crippen MR) is 93.2 cm³/mol. The molecule has 2 aliphatic rings. The maximum Gasteiger partial charge on any atom is 0.224 e. The Morgan fingerprint density at radius 1 is 1.35 bits per heavy atom. The lowest BCUT2D eigenvalue weighted by Gasteiger charge is -2.42. The first kappa shape index (κ1) is 16.5. The standard InChI is InChI=1S/C19H29N3O/c1-19(2,14-21-18(23)16-8-5-10-20-12-16)22-11-9-15-6-3-4-7-17(15)13-22/h3-4,6-7,16,20H,5,8-14H2,1-2H3,(H,21,23). The first-order valence-electron chi connectivity index (χ1n) is 8.86. The van der Waals surface area contributed by atoms with Crippen LogP contribution in [0.4, 0.5) is 0 Å². The molecule has 0 radical (unpaired) electrons. The number of carbonyl (C=O) groups excluding carboxylic acids is 1. The highest BCUT2D eigenvalue weighted by atomic mass is 16.1. The molecule has 2 aliphatic heterocycles. The number of hydrogen-bond donors (Lipinski definition) is 2. The number of nitrogens with zero attached hydrogens (tertiary/aromatic N) is 1. The highest BCUT2D eigenvalue weighted by Gasteiger charge is 2.31. The molecule has 126 valence electrons. The summed E-state index contributed by atoms with van der Waals surface area (Å²) in [6, 6.07) is 8.70. The number of rotatable bonds is 4. The van der Waals surface area contributed by atoms with Crippen molar-refractivity contribution >= 4 is 5.91 Å². The Hall–Kier alpha value is -1.39. The van der Waals surface area contributed by atoms with Gasteiger partial charge in [0.25, 0.3) is 0 Å². The molecule has 23 heavy (non-hydrogen) atoms. The Bertz CT molecular complexity index is 549. The van der Waals surface area contributed by atoms with Crippen LogP contribution in [0.5, 0.6) is 0 Å². The van der Waals surface area contributed by atoms with E-state index in [9.17, 15) is 4.79 Å². The second kappa shape index (κ2) is 7.02. The van der Waals surface area contributed by atoms with Crippen LogP contribution in [-0.4, -0.2) is 42.5 Å². The Morgan fingerprint density at radius 3 is 2.87 bits per heavy atom. The number of nitrogens with one attached hydrogen (secondary N) is 2. The van der Waals surface area contributed by atoms with E-state index >= 15 is 0 Å². The summed E-state index contributed by atoms with van der Waals surface area (Å²) in [6.45, 7) is 9.09. The predicted octanol–water partition coefficient (Wildman–Crippen LogP) is 1.94. The Balaban J connectivity index is 1.55. The van der Waals surface area contributed by atoms with Crippen molar-refractivity contribution in [2.75, 3.05) is 26.2 Å². The smallest absolute Gasteiger partial charge is 0.224 e. The van der Waals surface area contributed by atoms with Gasteiger partial charge in [0.2, 0.25) is 5.91 Å². The third kappa shape index (κ3) is 3.93. The molecule has 1 aromatic carbocycles. The fourth-order valence-corrected chi connectivity index (χ4v) is 3.65. The van der Waals surface area contributed by atoms with Crippen molar-refractivity contribution < 1.29 is 4.79 Å². The summed E-state index contributed by atoms with van der Waals surface area (Å²) >= 11 is 0. The second-order valence-electron chi connectivity index (χ2n) is 7.51. The molecule has 4 heteroatoms. The number of benzene rings is 1. The average molecular weight is 315 g/mol. The van der Waals surface area contributed by atoms with Crippen LogP contribution >= 0.6 is 0 Å². The van der Waals surface area contributed by atoms with Crippen molar-refractivity contribution in [2.24, 2.45) is 5.92 Å². The van der Waals surface area contributed by atoms with Crippen molar-refractivity contribution in [1.29, 1.82) is 0 Å². The Morgan fingerprint density at radius 2 is 2.13 bits per heavy atom. The minimum atomic E-state index is -0.0225. The summed E-state index contributed by atoms with van der Waals surface area (Å²) < 4.78 is 0. The summed E-state index contributed by atoms with van der Waals surface area (Å²) in [5.41, 5.74) is 2.87. The van der Waals surface area contributed by atoms with E-state index in [-0.39, 0.29) is 17.4 Å². The fraction of sp³-hybridized carbons (Fsp3) is 0.632. The molecule has 1 unspecified atom stereocenters. The van der Waals surface area contributed by atoms with Gasteiger partial charge < -0.3 is 10.6 Å². The molecule has 1 fully saturated rings. The van der Waals surface area contributed by atoms with Gasteiger partial charge in [-0.1, -0.05) is 24.3 Å². The van der Waals surface area contributed by atoms with E-state index in [4.69, 9.17) is 0 Å². The van der Waals surface area contributed by atoms with E-state index in [1.807, 2.05) is 0 Å². The van der Waals surface area contributed by atoms with Crippen molar-refractivity contribution in [2.45, 2.75) is 45.2 Å². The second-order valence-corrected chi connectivity index (χ2v) is 7.51. The number of fused-ring (bicyclic) bond motifs is 1. The van der Waals surface area contributed by atoms with E-state index in [1.54, 1.807) is 0 Å². The van der Waals surface area contributed by atoms with Gasteiger partial charge in [-0.2, -0.15) is 0 Å². The number of amides is 1. The highest BCUT2D eigenvalue weighted by molar-refractivity contribution is 5.79. The maximum atomic E-state index is 12.4. The first-order chi connectivity index (χ1) is 11.1. The molecule has 1 amide bonds. The molecule has 0 aromatic heterocycles. The number of hydrogen-bond acceptors (Lipinski definition) is 3. The molecule has 1 atom stereocenters. The average Bonchev–Trinajstić information content (AvgIpc) is 2.60. The normalized spacial score (nSPS) is 22.4. The molecule has 1 saturated heterocycles. The molecule has 3 rings (SSSR count). The van der Waals surface area contributed by atoms with Gasteiger partial charge in [-0.25, -0.2) is 0 Å². The molecule has 1 aromatic rings. The third-order valence-corrected chi connectivity index (χ3v) is 5.35. The van der Waals surface area contributed by atoms with Crippen molar-refractivity contribution in [1.82, 2.24) is 15.5 Å². The van der Waals surface area contributed by atoms with Gasteiger partial charge in [0.1, 0.15) is 0 Å². The molecule has 0 spiro atoms. The largest absolute Gasteiger partial charge is 0.354 e. The van der Waals surface area contributed by atoms with Gasteiger partial charge in [0, 0.05) is 31.7 Å². The zero-order chi connectivity index (χ0) is 16.3. The monoisotopic (exact) mass is 315 g/mol. The van der Waals surface area contributed by atoms with Crippen LogP contribution in [0, 0.1) is 5.92 Å². The fourth-order valence-electron chi connectivity index (χ4n) is 3.65. The third-order valence-electron chi connectivity index (χ3n) is 5.35. The molecular weight excluding hydrogens is 286 g/mol. The zero-order valence-corrected chi connectivity index (χ0v) is 14.4. The summed E-state index contributed by atoms with van der Waals surface area (Å²) in [4.78, 5) is 14.9. The molecular formula is C19H29N3O.